The van der Waals surface area contributed by atoms with Gasteiger partial charge in [-0.25, -0.2) is 0 Å². The van der Waals surface area contributed by atoms with Crippen LogP contribution in [0.3, 0.4) is 0 Å². The average molecular weight is 347 g/mol. The number of likely N-dealkylation sites (N-methyl/N-ethyl adjacent to an activating group) is 1. The van der Waals surface area contributed by atoms with E-state index in [1.165, 1.54) is 0 Å². The molecule has 0 aliphatic carbocycles. The van der Waals surface area contributed by atoms with Gasteiger partial charge in [-0.15, -0.1) is 0 Å². The van der Waals surface area contributed by atoms with Gasteiger partial charge in [0.05, 0.1) is 13.2 Å². The van der Waals surface area contributed by atoms with Crippen LogP contribution in [0.4, 0.5) is 0 Å². The lowest BCUT2D eigenvalue weighted by molar-refractivity contribution is -0.125. The summed E-state index contributed by atoms with van der Waals surface area (Å²) in [5, 5.41) is 3.67. The lowest BCUT2D eigenvalue weighted by Gasteiger charge is -2.24. The van der Waals surface area contributed by atoms with Gasteiger partial charge < -0.3 is 10.1 Å². The van der Waals surface area contributed by atoms with E-state index >= 15 is 0 Å². The molecule has 0 fully saturated rings. The van der Waals surface area contributed by atoms with Gasteiger partial charge in [0.15, 0.2) is 0 Å². The fraction of sp³-hybridized carbons (Fsp3) is 0.316. The quantitative estimate of drug-likeness (QED) is 0.834. The van der Waals surface area contributed by atoms with Gasteiger partial charge in [0.25, 0.3) is 0 Å². The Morgan fingerprint density at radius 3 is 2.54 bits per heavy atom. The summed E-state index contributed by atoms with van der Waals surface area (Å²) in [5.74, 6) is 0.801. The van der Waals surface area contributed by atoms with Crippen LogP contribution < -0.4 is 10.1 Å². The zero-order valence-corrected chi connectivity index (χ0v) is 15.0. The number of halogens is 1. The van der Waals surface area contributed by atoms with Crippen LogP contribution in [0.15, 0.2) is 48.5 Å². The van der Waals surface area contributed by atoms with Crippen LogP contribution in [-0.2, 0) is 17.9 Å². The fourth-order valence-corrected chi connectivity index (χ4v) is 2.55. The zero-order valence-electron chi connectivity index (χ0n) is 14.3. The smallest absolute Gasteiger partial charge is 0.237 e. The van der Waals surface area contributed by atoms with E-state index in [4.69, 9.17) is 16.3 Å². The fourth-order valence-electron chi connectivity index (χ4n) is 2.34. The van der Waals surface area contributed by atoms with Gasteiger partial charge in [0.2, 0.25) is 5.91 Å². The SMILES string of the molecule is COc1ccc(CNC(=O)[C@@H](C)N(C)Cc2cccc(Cl)c2)cc1. The predicted octanol–water partition coefficient (Wildman–Crippen LogP) is 3.49. The molecule has 0 aliphatic rings. The van der Waals surface area contributed by atoms with Gasteiger partial charge in [-0.05, 0) is 49.4 Å². The molecular weight excluding hydrogens is 324 g/mol. The van der Waals surface area contributed by atoms with Gasteiger partial charge in [-0.1, -0.05) is 35.9 Å². The molecule has 2 aromatic carbocycles. The third-order valence-corrected chi connectivity index (χ3v) is 4.22. The number of nitrogens with zero attached hydrogens (tertiary/aromatic N) is 1. The first kappa shape index (κ1) is 18.3. The summed E-state index contributed by atoms with van der Waals surface area (Å²) < 4.78 is 5.13. The molecule has 128 valence electrons. The van der Waals surface area contributed by atoms with E-state index in [1.54, 1.807) is 7.11 Å². The Balaban J connectivity index is 1.86. The summed E-state index contributed by atoms with van der Waals surface area (Å²) in [5.41, 5.74) is 2.12. The number of carbonyl (C=O) groups excluding carboxylic acids is 1. The topological polar surface area (TPSA) is 41.6 Å². The van der Waals surface area contributed by atoms with Crippen molar-refractivity contribution in [2.75, 3.05) is 14.2 Å². The van der Waals surface area contributed by atoms with Crippen molar-refractivity contribution < 1.29 is 9.53 Å². The van der Waals surface area contributed by atoms with Crippen LogP contribution in [0.25, 0.3) is 0 Å². The second-order valence-electron chi connectivity index (χ2n) is 5.79. The molecule has 2 rings (SSSR count). The van der Waals surface area contributed by atoms with Crippen molar-refractivity contribution in [2.24, 2.45) is 0 Å². The second kappa shape index (κ2) is 8.71. The van der Waals surface area contributed by atoms with Crippen LogP contribution >= 0.6 is 11.6 Å². The largest absolute Gasteiger partial charge is 0.497 e. The Labute approximate surface area is 148 Å². The van der Waals surface area contributed by atoms with Crippen molar-refractivity contribution in [1.29, 1.82) is 0 Å². The summed E-state index contributed by atoms with van der Waals surface area (Å²) in [4.78, 5) is 14.3. The number of ether oxygens (including phenoxy) is 1. The first-order chi connectivity index (χ1) is 11.5. The maximum absolute atomic E-state index is 12.3. The second-order valence-corrected chi connectivity index (χ2v) is 6.22. The van der Waals surface area contributed by atoms with Crippen LogP contribution in [-0.4, -0.2) is 31.0 Å². The lowest BCUT2D eigenvalue weighted by atomic mass is 10.1. The molecule has 0 aromatic heterocycles. The zero-order chi connectivity index (χ0) is 17.5. The Hall–Kier alpha value is -2.04. The van der Waals surface area contributed by atoms with E-state index in [-0.39, 0.29) is 11.9 Å². The van der Waals surface area contributed by atoms with Crippen molar-refractivity contribution in [3.8, 4) is 5.75 Å². The van der Waals surface area contributed by atoms with Gasteiger partial charge in [-0.3, -0.25) is 9.69 Å². The summed E-state index contributed by atoms with van der Waals surface area (Å²) in [7, 11) is 3.56. The van der Waals surface area contributed by atoms with Crippen molar-refractivity contribution in [3.63, 3.8) is 0 Å². The number of hydrogen-bond donors (Lipinski definition) is 1. The molecule has 0 unspecified atom stereocenters. The molecule has 0 saturated heterocycles. The highest BCUT2D eigenvalue weighted by Crippen LogP contribution is 2.14. The van der Waals surface area contributed by atoms with E-state index < -0.39 is 0 Å². The first-order valence-corrected chi connectivity index (χ1v) is 8.22. The molecule has 4 nitrogen and oxygen atoms in total. The van der Waals surface area contributed by atoms with E-state index in [1.807, 2.05) is 67.4 Å². The number of rotatable bonds is 7. The third kappa shape index (κ3) is 5.25. The molecule has 0 heterocycles. The molecule has 2 aromatic rings. The summed E-state index contributed by atoms with van der Waals surface area (Å²) in [6, 6.07) is 15.1. The minimum absolute atomic E-state index is 0.00431. The van der Waals surface area contributed by atoms with E-state index in [0.29, 0.717) is 18.1 Å². The highest BCUT2D eigenvalue weighted by atomic mass is 35.5. The molecule has 0 bridgehead atoms. The third-order valence-electron chi connectivity index (χ3n) is 3.99. The Bertz CT molecular complexity index is 673. The van der Waals surface area contributed by atoms with Gasteiger partial charge in [-0.2, -0.15) is 0 Å². The van der Waals surface area contributed by atoms with Crippen molar-refractivity contribution in [1.82, 2.24) is 10.2 Å². The molecule has 5 heteroatoms. The number of benzene rings is 2. The number of nitrogens with one attached hydrogen (secondary N) is 1. The Morgan fingerprint density at radius 1 is 1.21 bits per heavy atom. The van der Waals surface area contributed by atoms with E-state index in [2.05, 4.69) is 5.32 Å². The van der Waals surface area contributed by atoms with Gasteiger partial charge in [0.1, 0.15) is 5.75 Å². The van der Waals surface area contributed by atoms with Crippen molar-refractivity contribution in [2.45, 2.75) is 26.1 Å². The molecular formula is C19H23ClN2O2. The molecule has 0 saturated carbocycles. The standard InChI is InChI=1S/C19H23ClN2O2/c1-14(22(2)13-16-5-4-6-17(20)11-16)19(23)21-12-15-7-9-18(24-3)10-8-15/h4-11,14H,12-13H2,1-3H3,(H,21,23)/t14-/m1/s1. The monoisotopic (exact) mass is 346 g/mol. The highest BCUT2D eigenvalue weighted by molar-refractivity contribution is 6.30. The van der Waals surface area contributed by atoms with E-state index in [0.717, 1.165) is 16.9 Å². The minimum atomic E-state index is -0.234. The highest BCUT2D eigenvalue weighted by Gasteiger charge is 2.17. The summed E-state index contributed by atoms with van der Waals surface area (Å²) in [6.45, 7) is 3.06. The summed E-state index contributed by atoms with van der Waals surface area (Å²) in [6.07, 6.45) is 0. The maximum Gasteiger partial charge on any atom is 0.237 e. The number of carbonyl (C=O) groups is 1. The molecule has 0 spiro atoms. The van der Waals surface area contributed by atoms with Crippen LogP contribution in [0.5, 0.6) is 5.75 Å². The van der Waals surface area contributed by atoms with Crippen molar-refractivity contribution in [3.05, 3.63) is 64.7 Å². The van der Waals surface area contributed by atoms with Crippen LogP contribution in [0, 0.1) is 0 Å². The predicted molar refractivity (Wildman–Crippen MR) is 97.2 cm³/mol. The number of amides is 1. The van der Waals surface area contributed by atoms with Crippen molar-refractivity contribution >= 4 is 17.5 Å². The minimum Gasteiger partial charge on any atom is -0.497 e. The average Bonchev–Trinajstić information content (AvgIpc) is 2.59. The lowest BCUT2D eigenvalue weighted by Crippen LogP contribution is -2.42. The molecule has 0 radical (unpaired) electrons. The van der Waals surface area contributed by atoms with Crippen LogP contribution in [0.2, 0.25) is 5.02 Å². The maximum atomic E-state index is 12.3. The normalized spacial score (nSPS) is 12.0. The molecule has 1 atom stereocenters. The Kier molecular flexibility index (Phi) is 6.64. The molecule has 0 aliphatic heterocycles. The number of hydrogen-bond acceptors (Lipinski definition) is 3. The molecule has 1 amide bonds. The molecule has 24 heavy (non-hydrogen) atoms. The van der Waals surface area contributed by atoms with Gasteiger partial charge in [0, 0.05) is 18.1 Å². The first-order valence-electron chi connectivity index (χ1n) is 7.85. The Morgan fingerprint density at radius 2 is 1.92 bits per heavy atom. The molecule has 1 N–H and O–H groups in total. The van der Waals surface area contributed by atoms with Gasteiger partial charge >= 0.3 is 0 Å². The number of methoxy groups -OCH3 is 1. The van der Waals surface area contributed by atoms with E-state index in [9.17, 15) is 4.79 Å². The summed E-state index contributed by atoms with van der Waals surface area (Å²) >= 11 is 6.00. The van der Waals surface area contributed by atoms with Crippen LogP contribution in [0.1, 0.15) is 18.1 Å².